The van der Waals surface area contributed by atoms with Crippen LogP contribution in [0.25, 0.3) is 0 Å². The molecule has 1 aromatic heterocycles. The van der Waals surface area contributed by atoms with Crippen LogP contribution in [0, 0.1) is 0 Å². The zero-order valence-electron chi connectivity index (χ0n) is 15.7. The second kappa shape index (κ2) is 9.61. The second-order valence-electron chi connectivity index (χ2n) is 6.02. The van der Waals surface area contributed by atoms with Gasteiger partial charge in [0, 0.05) is 34.3 Å². The lowest BCUT2D eigenvalue weighted by Gasteiger charge is -2.16. The van der Waals surface area contributed by atoms with Crippen LogP contribution in [-0.4, -0.2) is 27.3 Å². The number of nitrogens with zero attached hydrogens (tertiary/aromatic N) is 4. The van der Waals surface area contributed by atoms with E-state index in [4.69, 9.17) is 32.7 Å². The Balaban J connectivity index is 1.79. The van der Waals surface area contributed by atoms with Gasteiger partial charge in [0.15, 0.2) is 11.5 Å². The molecule has 0 bridgehead atoms. The van der Waals surface area contributed by atoms with Crippen molar-refractivity contribution in [3.05, 3.63) is 57.6 Å². The average molecular weight is 422 g/mol. The molecule has 1 heterocycles. The van der Waals surface area contributed by atoms with Gasteiger partial charge in [-0.3, -0.25) is 0 Å². The molecule has 0 amide bonds. The summed E-state index contributed by atoms with van der Waals surface area (Å²) in [6.07, 6.45) is 0.936. The number of nitrogens with one attached hydrogen (secondary N) is 1. The molecule has 28 heavy (non-hydrogen) atoms. The Labute approximate surface area is 173 Å². The van der Waals surface area contributed by atoms with Gasteiger partial charge in [-0.05, 0) is 35.0 Å². The van der Waals surface area contributed by atoms with Gasteiger partial charge >= 0.3 is 0 Å². The van der Waals surface area contributed by atoms with Crippen molar-refractivity contribution in [3.8, 4) is 11.5 Å². The van der Waals surface area contributed by atoms with Crippen LogP contribution >= 0.6 is 23.2 Å². The highest BCUT2D eigenvalue weighted by atomic mass is 35.5. The number of hydrogen-bond acceptors (Lipinski definition) is 6. The van der Waals surface area contributed by atoms with Crippen LogP contribution in [-0.2, 0) is 19.7 Å². The van der Waals surface area contributed by atoms with E-state index >= 15 is 0 Å². The lowest BCUT2D eigenvalue weighted by Crippen LogP contribution is -2.10. The predicted molar refractivity (Wildman–Crippen MR) is 109 cm³/mol. The summed E-state index contributed by atoms with van der Waals surface area (Å²) < 4.78 is 13.3. The number of benzene rings is 2. The molecular formula is C19H21Cl2N5O2. The van der Waals surface area contributed by atoms with Crippen molar-refractivity contribution in [2.75, 3.05) is 12.4 Å². The highest BCUT2D eigenvalue weighted by Crippen LogP contribution is 2.34. The highest BCUT2D eigenvalue weighted by molar-refractivity contribution is 6.35. The van der Waals surface area contributed by atoms with Crippen molar-refractivity contribution < 1.29 is 9.47 Å². The molecular weight excluding hydrogens is 401 g/mol. The summed E-state index contributed by atoms with van der Waals surface area (Å²) >= 11 is 12.5. The maximum Gasteiger partial charge on any atom is 0.243 e. The summed E-state index contributed by atoms with van der Waals surface area (Å²) in [5.74, 6) is 1.84. The molecule has 148 valence electrons. The molecule has 1 N–H and O–H groups in total. The van der Waals surface area contributed by atoms with Crippen LogP contribution in [0.1, 0.15) is 24.5 Å². The quantitative estimate of drug-likeness (QED) is 0.544. The maximum absolute atomic E-state index is 6.25. The Bertz CT molecular complexity index is 912. The summed E-state index contributed by atoms with van der Waals surface area (Å²) in [5, 5.41) is 16.1. The van der Waals surface area contributed by atoms with Gasteiger partial charge in [-0.2, -0.15) is 0 Å². The smallest absolute Gasteiger partial charge is 0.243 e. The predicted octanol–water partition coefficient (Wildman–Crippen LogP) is 4.59. The van der Waals surface area contributed by atoms with Gasteiger partial charge in [-0.15, -0.1) is 0 Å². The molecule has 9 heteroatoms. The summed E-state index contributed by atoms with van der Waals surface area (Å²) in [6, 6.07) is 11.1. The first-order valence-electron chi connectivity index (χ1n) is 8.85. The van der Waals surface area contributed by atoms with Crippen molar-refractivity contribution in [2.45, 2.75) is 33.0 Å². The van der Waals surface area contributed by atoms with Crippen molar-refractivity contribution in [1.29, 1.82) is 0 Å². The van der Waals surface area contributed by atoms with Gasteiger partial charge in [-0.25, -0.2) is 4.68 Å². The number of tetrazole rings is 1. The van der Waals surface area contributed by atoms with Gasteiger partial charge < -0.3 is 14.8 Å². The van der Waals surface area contributed by atoms with Crippen molar-refractivity contribution in [3.63, 3.8) is 0 Å². The lowest BCUT2D eigenvalue weighted by atomic mass is 10.1. The third-order valence-electron chi connectivity index (χ3n) is 4.11. The first-order valence-corrected chi connectivity index (χ1v) is 9.61. The Morgan fingerprint density at radius 2 is 1.86 bits per heavy atom. The first kappa shape index (κ1) is 20.2. The van der Waals surface area contributed by atoms with E-state index in [1.54, 1.807) is 30.0 Å². The monoisotopic (exact) mass is 421 g/mol. The molecule has 0 aliphatic heterocycles. The van der Waals surface area contributed by atoms with Crippen LogP contribution in [0.3, 0.4) is 0 Å². The van der Waals surface area contributed by atoms with Crippen LogP contribution in [0.2, 0.25) is 10.0 Å². The number of para-hydroxylation sites is 1. The number of ether oxygens (including phenoxy) is 2. The molecule has 0 unspecified atom stereocenters. The van der Waals surface area contributed by atoms with E-state index in [0.29, 0.717) is 34.0 Å². The summed E-state index contributed by atoms with van der Waals surface area (Å²) in [6.45, 7) is 3.49. The molecule has 0 spiro atoms. The molecule has 3 rings (SSSR count). The van der Waals surface area contributed by atoms with Crippen LogP contribution in [0.15, 0.2) is 36.4 Å². The van der Waals surface area contributed by atoms with E-state index in [2.05, 4.69) is 27.8 Å². The molecule has 2 aromatic carbocycles. The van der Waals surface area contributed by atoms with E-state index in [9.17, 15) is 0 Å². The fraction of sp³-hybridized carbons (Fsp3) is 0.316. The van der Waals surface area contributed by atoms with Crippen molar-refractivity contribution >= 4 is 29.2 Å². The Hall–Kier alpha value is -2.51. The molecule has 0 saturated carbocycles. The zero-order chi connectivity index (χ0) is 19.9. The van der Waals surface area contributed by atoms with E-state index < -0.39 is 0 Å². The van der Waals surface area contributed by atoms with Crippen molar-refractivity contribution in [1.82, 2.24) is 20.2 Å². The molecule has 7 nitrogen and oxygen atoms in total. The van der Waals surface area contributed by atoms with Gasteiger partial charge in [-0.1, -0.05) is 53.4 Å². The van der Waals surface area contributed by atoms with E-state index in [-0.39, 0.29) is 6.61 Å². The second-order valence-corrected chi connectivity index (χ2v) is 6.83. The number of methoxy groups -OCH3 is 1. The lowest BCUT2D eigenvalue weighted by molar-refractivity contribution is 0.282. The minimum atomic E-state index is 0.222. The Kier molecular flexibility index (Phi) is 6.95. The van der Waals surface area contributed by atoms with Gasteiger partial charge in [0.1, 0.15) is 6.61 Å². The standard InChI is InChI=1S/C19H21Cl2N5O2/c1-3-10-26-19(23-24-25-26)22-11-13-6-4-9-17(27-2)18(13)28-12-14-15(20)7-5-8-16(14)21/h4-9H,3,10-12H2,1-2H3,(H,22,23,25). The Morgan fingerprint density at radius 3 is 2.57 bits per heavy atom. The maximum atomic E-state index is 6.25. The van der Waals surface area contributed by atoms with E-state index in [1.165, 1.54) is 0 Å². The molecule has 0 saturated heterocycles. The third-order valence-corrected chi connectivity index (χ3v) is 4.82. The van der Waals surface area contributed by atoms with Crippen LogP contribution < -0.4 is 14.8 Å². The molecule has 0 aliphatic rings. The minimum absolute atomic E-state index is 0.222. The van der Waals surface area contributed by atoms with E-state index in [0.717, 1.165) is 24.1 Å². The summed E-state index contributed by atoms with van der Waals surface area (Å²) in [7, 11) is 1.60. The number of hydrogen-bond donors (Lipinski definition) is 1. The first-order chi connectivity index (χ1) is 13.6. The van der Waals surface area contributed by atoms with Crippen LogP contribution in [0.5, 0.6) is 11.5 Å². The Morgan fingerprint density at radius 1 is 1.11 bits per heavy atom. The molecule has 0 radical (unpaired) electrons. The summed E-state index contributed by atoms with van der Waals surface area (Å²) in [5.41, 5.74) is 1.62. The number of aryl methyl sites for hydroxylation is 1. The van der Waals surface area contributed by atoms with Gasteiger partial charge in [0.05, 0.1) is 7.11 Å². The SMILES string of the molecule is CCCn1nnnc1NCc1cccc(OC)c1OCc1c(Cl)cccc1Cl. The number of rotatable bonds is 9. The molecule has 3 aromatic rings. The van der Waals surface area contributed by atoms with Gasteiger partial charge in [0.25, 0.3) is 0 Å². The number of aromatic nitrogens is 4. The molecule has 0 aliphatic carbocycles. The minimum Gasteiger partial charge on any atom is -0.493 e. The third kappa shape index (κ3) is 4.66. The topological polar surface area (TPSA) is 74.1 Å². The molecule has 0 fully saturated rings. The molecule has 0 atom stereocenters. The zero-order valence-corrected chi connectivity index (χ0v) is 17.2. The van der Waals surface area contributed by atoms with Crippen LogP contribution in [0.4, 0.5) is 5.95 Å². The van der Waals surface area contributed by atoms with Crippen molar-refractivity contribution in [2.24, 2.45) is 0 Å². The largest absolute Gasteiger partial charge is 0.493 e. The number of anilines is 1. The highest BCUT2D eigenvalue weighted by Gasteiger charge is 2.14. The van der Waals surface area contributed by atoms with Gasteiger partial charge in [0.2, 0.25) is 5.95 Å². The fourth-order valence-electron chi connectivity index (χ4n) is 2.71. The average Bonchev–Trinajstić information content (AvgIpc) is 3.13. The van der Waals surface area contributed by atoms with E-state index in [1.807, 2.05) is 18.2 Å². The fourth-order valence-corrected chi connectivity index (χ4v) is 3.21. The normalized spacial score (nSPS) is 10.7. The number of halogens is 2. The summed E-state index contributed by atoms with van der Waals surface area (Å²) in [4.78, 5) is 0.